The Morgan fingerprint density at radius 1 is 1.20 bits per heavy atom. The Balaban J connectivity index is 2.12. The number of hydrogen-bond acceptors (Lipinski definition) is 4. The maximum absolute atomic E-state index is 12.6. The van der Waals surface area contributed by atoms with Gasteiger partial charge in [-0.2, -0.15) is 0 Å². The zero-order chi connectivity index (χ0) is 14.7. The lowest BCUT2D eigenvalue weighted by molar-refractivity contribution is -0.155. The van der Waals surface area contributed by atoms with Crippen LogP contribution in [0.3, 0.4) is 0 Å². The number of rotatable bonds is 3. The van der Waals surface area contributed by atoms with Gasteiger partial charge in [0.05, 0.1) is 5.88 Å². The third-order valence-electron chi connectivity index (χ3n) is 3.86. The van der Waals surface area contributed by atoms with E-state index in [4.69, 9.17) is 0 Å². The lowest BCUT2D eigenvalue weighted by Crippen LogP contribution is -2.55. The number of aliphatic carboxylic acids is 1. The number of hydrogen-bond donors (Lipinski definition) is 1. The van der Waals surface area contributed by atoms with Gasteiger partial charge in [-0.1, -0.05) is 6.92 Å². The third kappa shape index (κ3) is 2.92. The smallest absolute Gasteiger partial charge is 0.326 e. The van der Waals surface area contributed by atoms with E-state index in [9.17, 15) is 19.5 Å². The Bertz CT molecular complexity index is 415. The minimum atomic E-state index is -0.947. The van der Waals surface area contributed by atoms with Crippen LogP contribution in [0, 0.1) is 0 Å². The molecular weight excluding hydrogens is 280 g/mol. The van der Waals surface area contributed by atoms with Crippen LogP contribution in [0.4, 0.5) is 0 Å². The van der Waals surface area contributed by atoms with Gasteiger partial charge in [0.25, 0.3) is 0 Å². The molecule has 0 spiro atoms. The summed E-state index contributed by atoms with van der Waals surface area (Å²) in [7, 11) is 0. The number of carboxylic acid groups (broad SMARTS) is 1. The molecule has 0 aromatic carbocycles. The molecule has 2 aliphatic rings. The van der Waals surface area contributed by atoms with Crippen molar-refractivity contribution in [2.45, 2.75) is 44.7 Å². The predicted molar refractivity (Wildman–Crippen MR) is 75.2 cm³/mol. The molecule has 112 valence electrons. The molecule has 1 N–H and O–H groups in total. The van der Waals surface area contributed by atoms with Crippen LogP contribution in [0.5, 0.6) is 0 Å². The van der Waals surface area contributed by atoms with Crippen molar-refractivity contribution < 1.29 is 19.5 Å². The van der Waals surface area contributed by atoms with E-state index in [0.717, 1.165) is 12.8 Å². The number of amides is 2. The second-order valence-electron chi connectivity index (χ2n) is 5.11. The highest BCUT2D eigenvalue weighted by atomic mass is 32.2. The molecule has 2 unspecified atom stereocenters. The van der Waals surface area contributed by atoms with Crippen molar-refractivity contribution in [3.63, 3.8) is 0 Å². The highest BCUT2D eigenvalue weighted by Crippen LogP contribution is 2.26. The van der Waals surface area contributed by atoms with E-state index in [-0.39, 0.29) is 11.8 Å². The molecule has 2 saturated heterocycles. The van der Waals surface area contributed by atoms with Gasteiger partial charge in [0.1, 0.15) is 12.1 Å². The van der Waals surface area contributed by atoms with Crippen molar-refractivity contribution in [1.82, 2.24) is 9.80 Å². The lowest BCUT2D eigenvalue weighted by Gasteiger charge is -2.36. The minimum absolute atomic E-state index is 0.0442. The summed E-state index contributed by atoms with van der Waals surface area (Å²) in [4.78, 5) is 38.8. The first-order valence-corrected chi connectivity index (χ1v) is 8.12. The summed E-state index contributed by atoms with van der Waals surface area (Å²) in [6.45, 7) is 2.25. The monoisotopic (exact) mass is 300 g/mol. The van der Waals surface area contributed by atoms with E-state index in [1.165, 1.54) is 4.90 Å². The van der Waals surface area contributed by atoms with Gasteiger partial charge in [-0.25, -0.2) is 4.79 Å². The molecule has 2 amide bonds. The molecule has 2 heterocycles. The largest absolute Gasteiger partial charge is 0.480 e. The maximum Gasteiger partial charge on any atom is 0.326 e. The number of piperidine rings is 1. The SMILES string of the molecule is CCC(=O)N1CSCC1C(=O)N1CCCCC1C(=O)O. The molecule has 6 nitrogen and oxygen atoms in total. The molecule has 7 heteroatoms. The molecule has 0 aromatic rings. The highest BCUT2D eigenvalue weighted by Gasteiger charge is 2.40. The summed E-state index contributed by atoms with van der Waals surface area (Å²) < 4.78 is 0. The van der Waals surface area contributed by atoms with Crippen molar-refractivity contribution >= 4 is 29.5 Å². The molecule has 2 fully saturated rings. The topological polar surface area (TPSA) is 77.9 Å². The van der Waals surface area contributed by atoms with Crippen molar-refractivity contribution in [2.75, 3.05) is 18.2 Å². The van der Waals surface area contributed by atoms with Gasteiger partial charge in [0.2, 0.25) is 11.8 Å². The molecule has 20 heavy (non-hydrogen) atoms. The zero-order valence-electron chi connectivity index (χ0n) is 11.6. The van der Waals surface area contributed by atoms with Crippen molar-refractivity contribution in [3.05, 3.63) is 0 Å². The Hall–Kier alpha value is -1.24. The number of nitrogens with zero attached hydrogens (tertiary/aromatic N) is 2. The first kappa shape index (κ1) is 15.2. The average Bonchev–Trinajstić information content (AvgIpc) is 2.95. The molecule has 0 bridgehead atoms. The number of likely N-dealkylation sites (tertiary alicyclic amines) is 1. The summed E-state index contributed by atoms with van der Waals surface area (Å²) in [5, 5.41) is 9.24. The van der Waals surface area contributed by atoms with Crippen LogP contribution < -0.4 is 0 Å². The molecule has 2 rings (SSSR count). The number of carbonyl (C=O) groups excluding carboxylic acids is 2. The van der Waals surface area contributed by atoms with Crippen LogP contribution in [0.2, 0.25) is 0 Å². The molecule has 2 aliphatic heterocycles. The minimum Gasteiger partial charge on any atom is -0.480 e. The molecule has 2 atom stereocenters. The van der Waals surface area contributed by atoms with Crippen LogP contribution in [0.1, 0.15) is 32.6 Å². The fourth-order valence-corrected chi connectivity index (χ4v) is 3.91. The summed E-state index contributed by atoms with van der Waals surface area (Å²) in [6, 6.07) is -1.23. The van der Waals surface area contributed by atoms with E-state index in [0.29, 0.717) is 31.0 Å². The Morgan fingerprint density at radius 2 is 1.95 bits per heavy atom. The maximum atomic E-state index is 12.6. The van der Waals surface area contributed by atoms with Gasteiger partial charge in [-0.3, -0.25) is 9.59 Å². The number of carbonyl (C=O) groups is 3. The molecule has 0 aliphatic carbocycles. The van der Waals surface area contributed by atoms with Gasteiger partial charge in [-0.05, 0) is 19.3 Å². The van der Waals surface area contributed by atoms with Crippen LogP contribution in [0.25, 0.3) is 0 Å². The fraction of sp³-hybridized carbons (Fsp3) is 0.769. The van der Waals surface area contributed by atoms with E-state index in [1.54, 1.807) is 23.6 Å². The number of thioether (sulfide) groups is 1. The van der Waals surface area contributed by atoms with Gasteiger partial charge in [0, 0.05) is 18.7 Å². The van der Waals surface area contributed by atoms with E-state index in [1.807, 2.05) is 0 Å². The molecule has 0 saturated carbocycles. The first-order valence-electron chi connectivity index (χ1n) is 6.96. The average molecular weight is 300 g/mol. The van der Waals surface area contributed by atoms with Crippen LogP contribution in [0.15, 0.2) is 0 Å². The van der Waals surface area contributed by atoms with Gasteiger partial charge in [-0.15, -0.1) is 11.8 Å². The summed E-state index contributed by atoms with van der Waals surface area (Å²) in [6.07, 6.45) is 2.53. The first-order chi connectivity index (χ1) is 9.56. The summed E-state index contributed by atoms with van der Waals surface area (Å²) >= 11 is 1.55. The van der Waals surface area contributed by atoms with E-state index >= 15 is 0 Å². The highest BCUT2D eigenvalue weighted by molar-refractivity contribution is 7.99. The zero-order valence-corrected chi connectivity index (χ0v) is 12.4. The van der Waals surface area contributed by atoms with Crippen molar-refractivity contribution in [3.8, 4) is 0 Å². The summed E-state index contributed by atoms with van der Waals surface area (Å²) in [5.74, 6) is -0.111. The van der Waals surface area contributed by atoms with E-state index < -0.39 is 18.1 Å². The third-order valence-corrected chi connectivity index (χ3v) is 4.87. The lowest BCUT2D eigenvalue weighted by atomic mass is 10.0. The molecule has 0 radical (unpaired) electrons. The Kier molecular flexibility index (Phi) is 4.91. The van der Waals surface area contributed by atoms with Crippen LogP contribution in [-0.4, -0.2) is 62.9 Å². The molecular formula is C13H20N2O4S. The Morgan fingerprint density at radius 3 is 2.60 bits per heavy atom. The second-order valence-corrected chi connectivity index (χ2v) is 6.11. The normalized spacial score (nSPS) is 26.6. The molecule has 0 aromatic heterocycles. The van der Waals surface area contributed by atoms with Gasteiger partial charge in [0.15, 0.2) is 0 Å². The summed E-state index contributed by atoms with van der Waals surface area (Å²) in [5.41, 5.74) is 0. The standard InChI is InChI=1S/C13H20N2O4S/c1-2-11(16)15-8-20-7-10(15)12(17)14-6-4-3-5-9(14)13(18)19/h9-10H,2-8H2,1H3,(H,18,19). The van der Waals surface area contributed by atoms with Crippen molar-refractivity contribution in [1.29, 1.82) is 0 Å². The van der Waals surface area contributed by atoms with Crippen LogP contribution in [-0.2, 0) is 14.4 Å². The Labute approximate surface area is 122 Å². The van der Waals surface area contributed by atoms with Crippen molar-refractivity contribution in [2.24, 2.45) is 0 Å². The number of carboxylic acids is 1. The van der Waals surface area contributed by atoms with Gasteiger partial charge >= 0.3 is 5.97 Å². The fourth-order valence-electron chi connectivity index (χ4n) is 2.74. The predicted octanol–water partition coefficient (Wildman–Crippen LogP) is 0.764. The van der Waals surface area contributed by atoms with Crippen LogP contribution >= 0.6 is 11.8 Å². The van der Waals surface area contributed by atoms with Gasteiger partial charge < -0.3 is 14.9 Å². The quantitative estimate of drug-likeness (QED) is 0.832. The van der Waals surface area contributed by atoms with E-state index in [2.05, 4.69) is 0 Å². The second kappa shape index (κ2) is 6.47.